The van der Waals surface area contributed by atoms with Gasteiger partial charge in [-0.1, -0.05) is 24.3 Å². The Morgan fingerprint density at radius 3 is 2.41 bits per heavy atom. The lowest BCUT2D eigenvalue weighted by Gasteiger charge is -2.28. The highest BCUT2D eigenvalue weighted by Gasteiger charge is 2.24. The predicted molar refractivity (Wildman–Crippen MR) is 87.4 cm³/mol. The molecule has 0 spiro atoms. The lowest BCUT2D eigenvalue weighted by atomic mass is 10.0. The van der Waals surface area contributed by atoms with E-state index in [0.29, 0.717) is 0 Å². The first-order valence-corrected chi connectivity index (χ1v) is 7.44. The Bertz CT molecular complexity index is 671. The molecule has 114 valence electrons. The molecule has 2 aromatic carbocycles. The van der Waals surface area contributed by atoms with Crippen molar-refractivity contribution >= 4 is 11.8 Å². The third kappa shape index (κ3) is 3.00. The zero-order valence-corrected chi connectivity index (χ0v) is 13.1. The fourth-order valence-electron chi connectivity index (χ4n) is 2.47. The molecule has 2 aromatic rings. The summed E-state index contributed by atoms with van der Waals surface area (Å²) >= 11 is 0. The van der Waals surface area contributed by atoms with Gasteiger partial charge >= 0.3 is 0 Å². The highest BCUT2D eigenvalue weighted by Crippen LogP contribution is 2.37. The third-order valence-electron chi connectivity index (χ3n) is 3.54. The van der Waals surface area contributed by atoms with Gasteiger partial charge in [0.1, 0.15) is 11.5 Å². The van der Waals surface area contributed by atoms with E-state index < -0.39 is 0 Å². The molecule has 3 heteroatoms. The third-order valence-corrected chi connectivity index (χ3v) is 3.54. The van der Waals surface area contributed by atoms with Crippen LogP contribution in [-0.2, 0) is 9.47 Å². The zero-order valence-electron chi connectivity index (χ0n) is 13.1. The highest BCUT2D eigenvalue weighted by molar-refractivity contribution is 5.80. The Labute approximate surface area is 131 Å². The molecule has 0 N–H and O–H groups in total. The van der Waals surface area contributed by atoms with Crippen LogP contribution in [-0.4, -0.2) is 13.2 Å². The van der Waals surface area contributed by atoms with Crippen LogP contribution >= 0.6 is 0 Å². The van der Waals surface area contributed by atoms with E-state index in [2.05, 4.69) is 12.1 Å². The lowest BCUT2D eigenvalue weighted by molar-refractivity contribution is -0.127. The van der Waals surface area contributed by atoms with Gasteiger partial charge in [0.05, 0.1) is 13.2 Å². The molecule has 0 aromatic heterocycles. The summed E-state index contributed by atoms with van der Waals surface area (Å²) in [5.41, 5.74) is 3.20. The van der Waals surface area contributed by atoms with Crippen LogP contribution in [0.1, 0.15) is 36.8 Å². The molecule has 3 nitrogen and oxygen atoms in total. The number of fused-ring (bicyclic) bond motifs is 1. The van der Waals surface area contributed by atoms with Gasteiger partial charge in [0.15, 0.2) is 0 Å². The number of methoxy groups -OCH3 is 1. The van der Waals surface area contributed by atoms with Crippen LogP contribution in [0.25, 0.3) is 11.8 Å². The first kappa shape index (κ1) is 14.7. The maximum Gasteiger partial charge on any atom is 0.227 e. The average molecular weight is 296 g/mol. The second kappa shape index (κ2) is 6.24. The first-order valence-electron chi connectivity index (χ1n) is 7.44. The summed E-state index contributed by atoms with van der Waals surface area (Å²) in [7, 11) is 1.66. The van der Waals surface area contributed by atoms with Gasteiger partial charge < -0.3 is 14.2 Å². The van der Waals surface area contributed by atoms with Crippen LogP contribution in [0.15, 0.2) is 48.5 Å². The van der Waals surface area contributed by atoms with Gasteiger partial charge in [-0.3, -0.25) is 0 Å². The topological polar surface area (TPSA) is 27.7 Å². The summed E-state index contributed by atoms with van der Waals surface area (Å²) in [6.45, 7) is 4.02. The standard InChI is InChI=1S/C19H20O3/c1-13(2)21-19-17-7-5-4-6-15(17)12-18(22-19)14-8-10-16(20-3)11-9-14/h4-13,19H,1-3H3. The summed E-state index contributed by atoms with van der Waals surface area (Å²) < 4.78 is 17.2. The van der Waals surface area contributed by atoms with Crippen molar-refractivity contribution in [2.45, 2.75) is 26.2 Å². The van der Waals surface area contributed by atoms with Crippen LogP contribution in [0.4, 0.5) is 0 Å². The molecular weight excluding hydrogens is 276 g/mol. The molecular formula is C19H20O3. The van der Waals surface area contributed by atoms with Crippen molar-refractivity contribution in [1.82, 2.24) is 0 Å². The lowest BCUT2D eigenvalue weighted by Crippen LogP contribution is -2.17. The molecule has 0 fully saturated rings. The van der Waals surface area contributed by atoms with Crippen LogP contribution in [0.5, 0.6) is 5.75 Å². The molecule has 0 radical (unpaired) electrons. The number of benzene rings is 2. The van der Waals surface area contributed by atoms with Gasteiger partial charge in [-0.2, -0.15) is 0 Å². The average Bonchev–Trinajstić information content (AvgIpc) is 2.54. The predicted octanol–water partition coefficient (Wildman–Crippen LogP) is 4.65. The summed E-state index contributed by atoms with van der Waals surface area (Å²) in [6.07, 6.45) is 1.77. The van der Waals surface area contributed by atoms with E-state index >= 15 is 0 Å². The van der Waals surface area contributed by atoms with Crippen molar-refractivity contribution in [3.8, 4) is 5.75 Å². The summed E-state index contributed by atoms with van der Waals surface area (Å²) in [5, 5.41) is 0. The molecule has 1 aliphatic rings. The molecule has 22 heavy (non-hydrogen) atoms. The molecule has 0 bridgehead atoms. The zero-order chi connectivity index (χ0) is 15.5. The van der Waals surface area contributed by atoms with Crippen molar-refractivity contribution in [2.75, 3.05) is 7.11 Å². The number of hydrogen-bond donors (Lipinski definition) is 0. The van der Waals surface area contributed by atoms with Gasteiger partial charge in [-0.25, -0.2) is 0 Å². The number of ether oxygens (including phenoxy) is 3. The van der Waals surface area contributed by atoms with Gasteiger partial charge in [0.25, 0.3) is 0 Å². The van der Waals surface area contributed by atoms with E-state index in [1.165, 1.54) is 0 Å². The fraction of sp³-hybridized carbons (Fsp3) is 0.263. The van der Waals surface area contributed by atoms with Crippen molar-refractivity contribution < 1.29 is 14.2 Å². The van der Waals surface area contributed by atoms with E-state index in [9.17, 15) is 0 Å². The molecule has 3 rings (SSSR count). The smallest absolute Gasteiger partial charge is 0.227 e. The van der Waals surface area contributed by atoms with Crippen molar-refractivity contribution in [3.63, 3.8) is 0 Å². The molecule has 1 unspecified atom stereocenters. The monoisotopic (exact) mass is 296 g/mol. The Balaban J connectivity index is 1.96. The van der Waals surface area contributed by atoms with E-state index in [1.54, 1.807) is 7.11 Å². The minimum absolute atomic E-state index is 0.0910. The van der Waals surface area contributed by atoms with Crippen molar-refractivity contribution in [1.29, 1.82) is 0 Å². The quantitative estimate of drug-likeness (QED) is 0.822. The Morgan fingerprint density at radius 2 is 1.73 bits per heavy atom. The Hall–Kier alpha value is -2.26. The number of hydrogen-bond acceptors (Lipinski definition) is 3. The molecule has 1 aliphatic heterocycles. The Morgan fingerprint density at radius 1 is 1.00 bits per heavy atom. The molecule has 1 heterocycles. The second-order valence-corrected chi connectivity index (χ2v) is 5.50. The summed E-state index contributed by atoms with van der Waals surface area (Å²) in [6, 6.07) is 16.0. The van der Waals surface area contributed by atoms with Gasteiger partial charge in [0.2, 0.25) is 6.29 Å². The Kier molecular flexibility index (Phi) is 4.16. The highest BCUT2D eigenvalue weighted by atomic mass is 16.7. The van der Waals surface area contributed by atoms with Crippen molar-refractivity contribution in [2.24, 2.45) is 0 Å². The van der Waals surface area contributed by atoms with Gasteiger partial charge in [-0.15, -0.1) is 0 Å². The molecule has 1 atom stereocenters. The SMILES string of the molecule is COc1ccc(C2=Cc3ccccc3C(OC(C)C)O2)cc1. The molecule has 0 aliphatic carbocycles. The molecule has 0 amide bonds. The largest absolute Gasteiger partial charge is 0.497 e. The summed E-state index contributed by atoms with van der Waals surface area (Å²) in [4.78, 5) is 0. The van der Waals surface area contributed by atoms with Crippen molar-refractivity contribution in [3.05, 3.63) is 65.2 Å². The van der Waals surface area contributed by atoms with Crippen LogP contribution in [0.2, 0.25) is 0 Å². The first-order chi connectivity index (χ1) is 10.7. The molecule has 0 saturated heterocycles. The van der Waals surface area contributed by atoms with Gasteiger partial charge in [0, 0.05) is 11.1 Å². The summed E-state index contributed by atoms with van der Waals surface area (Å²) in [5.74, 6) is 1.64. The van der Waals surface area contributed by atoms with E-state index in [1.807, 2.05) is 56.3 Å². The fourth-order valence-corrected chi connectivity index (χ4v) is 2.47. The van der Waals surface area contributed by atoms with Crippen LogP contribution < -0.4 is 4.74 Å². The van der Waals surface area contributed by atoms with E-state index in [0.717, 1.165) is 28.2 Å². The molecule has 0 saturated carbocycles. The second-order valence-electron chi connectivity index (χ2n) is 5.50. The number of rotatable bonds is 4. The van der Waals surface area contributed by atoms with Gasteiger partial charge in [-0.05, 0) is 49.8 Å². The maximum atomic E-state index is 6.08. The maximum absolute atomic E-state index is 6.08. The normalized spacial score (nSPS) is 16.7. The van der Waals surface area contributed by atoms with E-state index in [4.69, 9.17) is 14.2 Å². The van der Waals surface area contributed by atoms with Crippen LogP contribution in [0.3, 0.4) is 0 Å². The minimum atomic E-state index is -0.377. The van der Waals surface area contributed by atoms with Crippen LogP contribution in [0, 0.1) is 0 Å². The van der Waals surface area contributed by atoms with E-state index in [-0.39, 0.29) is 12.4 Å². The minimum Gasteiger partial charge on any atom is -0.497 e.